The Kier molecular flexibility index (Phi) is 8.95. The lowest BCUT2D eigenvalue weighted by atomic mass is 10.2. The van der Waals surface area contributed by atoms with Gasteiger partial charge in [0.15, 0.2) is 0 Å². The smallest absolute Gasteiger partial charge is 0.254 e. The second kappa shape index (κ2) is 11.9. The normalized spacial score (nSPS) is 10.8. The summed E-state index contributed by atoms with van der Waals surface area (Å²) in [6, 6.07) is 18.4. The highest BCUT2D eigenvalue weighted by atomic mass is 35.5. The molecule has 6 nitrogen and oxygen atoms in total. The number of halogens is 2. The zero-order valence-electron chi connectivity index (χ0n) is 18.7. The summed E-state index contributed by atoms with van der Waals surface area (Å²) in [5.74, 6) is -0.470. The van der Waals surface area contributed by atoms with E-state index in [1.54, 1.807) is 24.1 Å². The van der Waals surface area contributed by atoms with Crippen molar-refractivity contribution in [1.29, 1.82) is 0 Å². The summed E-state index contributed by atoms with van der Waals surface area (Å²) >= 11 is 12.1. The van der Waals surface area contributed by atoms with Crippen LogP contribution >= 0.6 is 23.2 Å². The molecule has 174 valence electrons. The Morgan fingerprint density at radius 2 is 1.70 bits per heavy atom. The molecule has 33 heavy (non-hydrogen) atoms. The minimum absolute atomic E-state index is 0.0836. The first-order valence-electron chi connectivity index (χ1n) is 10.5. The second-order valence-electron chi connectivity index (χ2n) is 7.69. The average molecular weight is 488 g/mol. The van der Waals surface area contributed by atoms with Gasteiger partial charge in [0.05, 0.1) is 23.2 Å². The maximum Gasteiger partial charge on any atom is 0.254 e. The molecule has 0 fully saturated rings. The number of hydrogen-bond donors (Lipinski definition) is 0. The van der Waals surface area contributed by atoms with Crippen LogP contribution in [0.15, 0.2) is 66.9 Å². The molecular weight excluding hydrogens is 461 g/mol. The third kappa shape index (κ3) is 6.84. The van der Waals surface area contributed by atoms with E-state index in [9.17, 15) is 9.59 Å². The van der Waals surface area contributed by atoms with Crippen molar-refractivity contribution in [2.24, 2.45) is 7.05 Å². The first-order chi connectivity index (χ1) is 15.9. The predicted octanol–water partition coefficient (Wildman–Crippen LogP) is 4.65. The fourth-order valence-electron chi connectivity index (χ4n) is 3.42. The largest absolute Gasteiger partial charge is 0.383 e. The van der Waals surface area contributed by atoms with Gasteiger partial charge in [-0.1, -0.05) is 53.5 Å². The zero-order chi connectivity index (χ0) is 23.8. The molecule has 0 unspecified atom stereocenters. The van der Waals surface area contributed by atoms with Crippen molar-refractivity contribution < 1.29 is 14.3 Å². The SMILES string of the molecule is COCCN(CC(=O)N(Cc1ccccc1)Cc1cccn1C)C(=O)c1ccc(Cl)c(Cl)c1. The van der Waals surface area contributed by atoms with Crippen LogP contribution < -0.4 is 0 Å². The number of amides is 2. The van der Waals surface area contributed by atoms with Gasteiger partial charge < -0.3 is 19.1 Å². The summed E-state index contributed by atoms with van der Waals surface area (Å²) in [4.78, 5) is 29.9. The van der Waals surface area contributed by atoms with Crippen molar-refractivity contribution in [2.75, 3.05) is 26.8 Å². The summed E-state index contributed by atoms with van der Waals surface area (Å²) in [7, 11) is 3.50. The van der Waals surface area contributed by atoms with Gasteiger partial charge in [0.25, 0.3) is 5.91 Å². The molecule has 0 bridgehead atoms. The van der Waals surface area contributed by atoms with Crippen molar-refractivity contribution in [1.82, 2.24) is 14.4 Å². The van der Waals surface area contributed by atoms with Crippen LogP contribution in [0.4, 0.5) is 0 Å². The molecule has 0 spiro atoms. The molecule has 0 saturated carbocycles. The van der Waals surface area contributed by atoms with Crippen molar-refractivity contribution >= 4 is 35.0 Å². The van der Waals surface area contributed by atoms with Gasteiger partial charge in [-0.15, -0.1) is 0 Å². The highest BCUT2D eigenvalue weighted by Gasteiger charge is 2.23. The summed E-state index contributed by atoms with van der Waals surface area (Å²) in [5.41, 5.74) is 2.38. The lowest BCUT2D eigenvalue weighted by Gasteiger charge is -2.28. The molecule has 1 aromatic heterocycles. The molecule has 0 aliphatic heterocycles. The van der Waals surface area contributed by atoms with Gasteiger partial charge in [0, 0.05) is 44.7 Å². The number of carbonyl (C=O) groups is 2. The van der Waals surface area contributed by atoms with Crippen LogP contribution in [0.25, 0.3) is 0 Å². The van der Waals surface area contributed by atoms with E-state index in [0.29, 0.717) is 30.3 Å². The zero-order valence-corrected chi connectivity index (χ0v) is 20.2. The Morgan fingerprint density at radius 1 is 0.939 bits per heavy atom. The van der Waals surface area contributed by atoms with Crippen LogP contribution in [-0.2, 0) is 29.7 Å². The third-order valence-electron chi connectivity index (χ3n) is 5.32. The van der Waals surface area contributed by atoms with Crippen LogP contribution in [-0.4, -0.2) is 53.0 Å². The average Bonchev–Trinajstić information content (AvgIpc) is 3.22. The van der Waals surface area contributed by atoms with E-state index in [-0.39, 0.29) is 29.9 Å². The number of carbonyl (C=O) groups excluding carboxylic acids is 2. The van der Waals surface area contributed by atoms with Gasteiger partial charge in [-0.25, -0.2) is 0 Å². The maximum atomic E-state index is 13.5. The molecule has 0 aliphatic rings. The van der Waals surface area contributed by atoms with Gasteiger partial charge in [0.2, 0.25) is 5.91 Å². The molecule has 0 atom stereocenters. The number of rotatable bonds is 10. The fourth-order valence-corrected chi connectivity index (χ4v) is 3.72. The maximum absolute atomic E-state index is 13.5. The number of ether oxygens (including phenoxy) is 1. The summed E-state index contributed by atoms with van der Waals surface area (Å²) in [6.45, 7) is 1.35. The minimum atomic E-state index is -0.308. The number of aromatic nitrogens is 1. The van der Waals surface area contributed by atoms with Gasteiger partial charge in [-0.3, -0.25) is 9.59 Å². The number of methoxy groups -OCH3 is 1. The van der Waals surface area contributed by atoms with Gasteiger partial charge >= 0.3 is 0 Å². The minimum Gasteiger partial charge on any atom is -0.383 e. The number of hydrogen-bond acceptors (Lipinski definition) is 3. The number of benzene rings is 2. The molecule has 0 N–H and O–H groups in total. The van der Waals surface area contributed by atoms with Crippen molar-refractivity contribution in [3.05, 3.63) is 93.7 Å². The van der Waals surface area contributed by atoms with E-state index in [0.717, 1.165) is 11.3 Å². The van der Waals surface area contributed by atoms with E-state index in [1.165, 1.54) is 11.0 Å². The van der Waals surface area contributed by atoms with Gasteiger partial charge in [-0.05, 0) is 35.9 Å². The highest BCUT2D eigenvalue weighted by molar-refractivity contribution is 6.42. The van der Waals surface area contributed by atoms with Crippen LogP contribution in [0.3, 0.4) is 0 Å². The molecule has 3 aromatic rings. The third-order valence-corrected chi connectivity index (χ3v) is 6.06. The Morgan fingerprint density at radius 3 is 2.33 bits per heavy atom. The van der Waals surface area contributed by atoms with E-state index in [1.807, 2.05) is 60.3 Å². The molecule has 0 aliphatic carbocycles. The fraction of sp³-hybridized carbons (Fsp3) is 0.280. The Balaban J connectivity index is 1.82. The molecule has 1 heterocycles. The van der Waals surface area contributed by atoms with Crippen molar-refractivity contribution in [3.8, 4) is 0 Å². The first kappa shape index (κ1) is 24.8. The number of aryl methyl sites for hydroxylation is 1. The van der Waals surface area contributed by atoms with Gasteiger partial charge in [-0.2, -0.15) is 0 Å². The summed E-state index contributed by atoms with van der Waals surface area (Å²) in [6.07, 6.45) is 1.94. The molecule has 0 radical (unpaired) electrons. The van der Waals surface area contributed by atoms with Crippen LogP contribution in [0.5, 0.6) is 0 Å². The Labute approximate surface area is 204 Å². The van der Waals surface area contributed by atoms with Crippen LogP contribution in [0.1, 0.15) is 21.6 Å². The molecular formula is C25H27Cl2N3O3. The molecule has 8 heteroatoms. The second-order valence-corrected chi connectivity index (χ2v) is 8.51. The lowest BCUT2D eigenvalue weighted by Crippen LogP contribution is -2.44. The standard InChI is InChI=1S/C25H27Cl2N3O3/c1-28-12-6-9-21(28)17-30(16-19-7-4-3-5-8-19)24(31)18-29(13-14-33-2)25(32)20-10-11-22(26)23(27)15-20/h3-12,15H,13-14,16-18H2,1-2H3. The quantitative estimate of drug-likeness (QED) is 0.418. The predicted molar refractivity (Wildman–Crippen MR) is 130 cm³/mol. The van der Waals surface area contributed by atoms with Crippen molar-refractivity contribution in [3.63, 3.8) is 0 Å². The molecule has 0 saturated heterocycles. The Hall–Kier alpha value is -2.80. The van der Waals surface area contributed by atoms with E-state index in [4.69, 9.17) is 27.9 Å². The Bertz CT molecular complexity index is 1090. The van der Waals surface area contributed by atoms with Crippen molar-refractivity contribution in [2.45, 2.75) is 13.1 Å². The van der Waals surface area contributed by atoms with Crippen LogP contribution in [0, 0.1) is 0 Å². The van der Waals surface area contributed by atoms with E-state index >= 15 is 0 Å². The first-order valence-corrected chi connectivity index (χ1v) is 11.3. The van der Waals surface area contributed by atoms with E-state index < -0.39 is 0 Å². The lowest BCUT2D eigenvalue weighted by molar-refractivity contribution is -0.133. The summed E-state index contributed by atoms with van der Waals surface area (Å²) < 4.78 is 7.15. The molecule has 2 aromatic carbocycles. The monoisotopic (exact) mass is 487 g/mol. The molecule has 3 rings (SSSR count). The topological polar surface area (TPSA) is 54.8 Å². The molecule has 2 amide bonds. The number of nitrogens with zero attached hydrogens (tertiary/aromatic N) is 3. The summed E-state index contributed by atoms with van der Waals surface area (Å²) in [5, 5.41) is 0.652. The highest BCUT2D eigenvalue weighted by Crippen LogP contribution is 2.23. The van der Waals surface area contributed by atoms with E-state index in [2.05, 4.69) is 0 Å². The van der Waals surface area contributed by atoms with Crippen LogP contribution in [0.2, 0.25) is 10.0 Å². The van der Waals surface area contributed by atoms with Gasteiger partial charge in [0.1, 0.15) is 6.54 Å².